The second kappa shape index (κ2) is 15.8. The van der Waals surface area contributed by atoms with E-state index in [0.29, 0.717) is 5.78 Å². The molecule has 0 aliphatic heterocycles. The van der Waals surface area contributed by atoms with Crippen LogP contribution in [0.25, 0.3) is 117 Å². The van der Waals surface area contributed by atoms with Crippen molar-refractivity contribution in [1.29, 1.82) is 0 Å². The lowest BCUT2D eigenvalue weighted by molar-refractivity contribution is 0.661. The highest BCUT2D eigenvalue weighted by Crippen LogP contribution is 2.54. The topological polar surface area (TPSA) is 30.2 Å². The SMILES string of the molecule is CC1(C)c2ccccc2-c2cc3c(-c4cccc(-c5ccccc5)c4)c4ccc(-c5ccc(-c6nc7ncccn7c6-c6ccccc6)cc5)cc4c(-c4cccc(-c5ccccc5)c4)c3cc21. The van der Waals surface area contributed by atoms with Crippen LogP contribution in [0.4, 0.5) is 0 Å². The standard InChI is InChI=1S/C65H45N3/c1-65(2)58-28-13-12-27-52(58)54-40-56-57(41-59(54)65)61(51-26-15-24-48(38-51)43-19-8-4-9-20-43)55-39-49(33-34-53(55)60(56)50-25-14-23-47(37-50)42-17-6-3-7-18-42)44-29-31-45(32-30-44)62-63(46-21-10-5-11-22-46)68-36-16-35-66-64(68)67-62/h3-41H,1-2H3. The van der Waals surface area contributed by atoms with Crippen molar-refractivity contribution >= 4 is 27.3 Å². The Morgan fingerprint density at radius 2 is 0.853 bits per heavy atom. The highest BCUT2D eigenvalue weighted by molar-refractivity contribution is 6.23. The molecule has 13 rings (SSSR count). The van der Waals surface area contributed by atoms with Crippen molar-refractivity contribution in [2.24, 2.45) is 0 Å². The molecule has 3 nitrogen and oxygen atoms in total. The van der Waals surface area contributed by atoms with Crippen LogP contribution in [0, 0.1) is 0 Å². The fourth-order valence-electron chi connectivity index (χ4n) is 11.0. The predicted molar refractivity (Wildman–Crippen MR) is 284 cm³/mol. The van der Waals surface area contributed by atoms with E-state index in [0.717, 1.165) is 33.6 Å². The van der Waals surface area contributed by atoms with Gasteiger partial charge < -0.3 is 0 Å². The summed E-state index contributed by atoms with van der Waals surface area (Å²) in [7, 11) is 0. The number of nitrogens with zero attached hydrogens (tertiary/aromatic N) is 3. The van der Waals surface area contributed by atoms with Gasteiger partial charge in [0.05, 0.1) is 11.4 Å². The van der Waals surface area contributed by atoms with Gasteiger partial charge in [0.25, 0.3) is 0 Å². The Balaban J connectivity index is 1.07. The van der Waals surface area contributed by atoms with Gasteiger partial charge in [-0.25, -0.2) is 9.97 Å². The van der Waals surface area contributed by atoms with Gasteiger partial charge in [-0.1, -0.05) is 202 Å². The minimum absolute atomic E-state index is 0.174. The molecule has 320 valence electrons. The molecule has 2 heterocycles. The molecule has 0 fully saturated rings. The summed E-state index contributed by atoms with van der Waals surface area (Å²) in [5, 5.41) is 4.94. The Kier molecular flexibility index (Phi) is 9.19. The maximum atomic E-state index is 5.07. The maximum Gasteiger partial charge on any atom is 0.234 e. The highest BCUT2D eigenvalue weighted by Gasteiger charge is 2.36. The Bertz CT molecular complexity index is 3900. The molecule has 0 N–H and O–H groups in total. The normalized spacial score (nSPS) is 12.7. The number of imidazole rings is 1. The predicted octanol–water partition coefficient (Wildman–Crippen LogP) is 17.0. The molecule has 68 heavy (non-hydrogen) atoms. The monoisotopic (exact) mass is 867 g/mol. The molecule has 10 aromatic carbocycles. The Labute approximate surface area is 396 Å². The molecule has 0 unspecified atom stereocenters. The summed E-state index contributed by atoms with van der Waals surface area (Å²) in [4.78, 5) is 9.69. The summed E-state index contributed by atoms with van der Waals surface area (Å²) in [5.74, 6) is 0.680. The third-order valence-corrected chi connectivity index (χ3v) is 14.3. The van der Waals surface area contributed by atoms with Crippen molar-refractivity contribution in [2.45, 2.75) is 19.3 Å². The van der Waals surface area contributed by atoms with Gasteiger partial charge in [0.2, 0.25) is 5.78 Å². The maximum absolute atomic E-state index is 5.07. The summed E-state index contributed by atoms with van der Waals surface area (Å²) >= 11 is 0. The van der Waals surface area contributed by atoms with Crippen molar-refractivity contribution in [3.63, 3.8) is 0 Å². The van der Waals surface area contributed by atoms with Crippen LogP contribution < -0.4 is 0 Å². The summed E-state index contributed by atoms with van der Waals surface area (Å²) < 4.78 is 2.09. The number of hydrogen-bond donors (Lipinski definition) is 0. The van der Waals surface area contributed by atoms with E-state index in [9.17, 15) is 0 Å². The van der Waals surface area contributed by atoms with E-state index in [2.05, 4.69) is 236 Å². The molecule has 2 aromatic heterocycles. The molecule has 0 saturated carbocycles. The summed E-state index contributed by atoms with van der Waals surface area (Å²) in [5.41, 5.74) is 21.3. The van der Waals surface area contributed by atoms with Gasteiger partial charge in [-0.3, -0.25) is 4.40 Å². The lowest BCUT2D eigenvalue weighted by Gasteiger charge is -2.24. The summed E-state index contributed by atoms with van der Waals surface area (Å²) in [6.07, 6.45) is 3.85. The van der Waals surface area contributed by atoms with Gasteiger partial charge in [0.1, 0.15) is 0 Å². The second-order valence-corrected chi connectivity index (χ2v) is 18.6. The molecule has 0 amide bonds. The minimum Gasteiger partial charge on any atom is -0.283 e. The Morgan fingerprint density at radius 3 is 1.53 bits per heavy atom. The summed E-state index contributed by atoms with van der Waals surface area (Å²) in [6.45, 7) is 4.77. The molecule has 1 aliphatic carbocycles. The van der Waals surface area contributed by atoms with Crippen molar-refractivity contribution in [2.75, 3.05) is 0 Å². The van der Waals surface area contributed by atoms with Gasteiger partial charge in [-0.05, 0) is 136 Å². The van der Waals surface area contributed by atoms with E-state index < -0.39 is 0 Å². The first kappa shape index (κ1) is 39.7. The molecule has 0 atom stereocenters. The zero-order valence-corrected chi connectivity index (χ0v) is 37.9. The van der Waals surface area contributed by atoms with Gasteiger partial charge in [0, 0.05) is 28.9 Å². The molecule has 0 radical (unpaired) electrons. The van der Waals surface area contributed by atoms with Gasteiger partial charge in [-0.2, -0.15) is 0 Å². The zero-order chi connectivity index (χ0) is 45.3. The zero-order valence-electron chi connectivity index (χ0n) is 37.9. The van der Waals surface area contributed by atoms with E-state index in [1.54, 1.807) is 6.20 Å². The fourth-order valence-corrected chi connectivity index (χ4v) is 11.0. The molecule has 0 spiro atoms. The van der Waals surface area contributed by atoms with E-state index in [1.807, 2.05) is 18.3 Å². The molecular formula is C65H45N3. The van der Waals surface area contributed by atoms with Gasteiger partial charge in [-0.15, -0.1) is 0 Å². The third-order valence-electron chi connectivity index (χ3n) is 14.3. The molecule has 0 saturated heterocycles. The van der Waals surface area contributed by atoms with Crippen LogP contribution in [0.5, 0.6) is 0 Å². The van der Waals surface area contributed by atoms with E-state index in [1.165, 1.54) is 88.3 Å². The van der Waals surface area contributed by atoms with Crippen LogP contribution in [0.2, 0.25) is 0 Å². The summed E-state index contributed by atoms with van der Waals surface area (Å²) in [6, 6.07) is 82.3. The van der Waals surface area contributed by atoms with Gasteiger partial charge in [0.15, 0.2) is 0 Å². The van der Waals surface area contributed by atoms with Crippen molar-refractivity contribution in [3.8, 4) is 89.3 Å². The number of fused-ring (bicyclic) bond motifs is 6. The van der Waals surface area contributed by atoms with Crippen LogP contribution in [-0.4, -0.2) is 14.4 Å². The smallest absolute Gasteiger partial charge is 0.234 e. The average molecular weight is 868 g/mol. The van der Waals surface area contributed by atoms with Crippen LogP contribution in [0.3, 0.4) is 0 Å². The minimum atomic E-state index is -0.174. The van der Waals surface area contributed by atoms with Crippen LogP contribution in [0.15, 0.2) is 237 Å². The third kappa shape index (κ3) is 6.42. The number of rotatable bonds is 7. The quantitative estimate of drug-likeness (QED) is 0.149. The van der Waals surface area contributed by atoms with Crippen LogP contribution in [-0.2, 0) is 5.41 Å². The van der Waals surface area contributed by atoms with Gasteiger partial charge >= 0.3 is 0 Å². The molecule has 3 heteroatoms. The number of aromatic nitrogens is 3. The fraction of sp³-hybridized carbons (Fsp3) is 0.0462. The molecule has 12 aromatic rings. The molecule has 1 aliphatic rings. The molecule has 0 bridgehead atoms. The average Bonchev–Trinajstić information content (AvgIpc) is 3.90. The van der Waals surface area contributed by atoms with Crippen LogP contribution in [0.1, 0.15) is 25.0 Å². The first-order valence-electron chi connectivity index (χ1n) is 23.5. The van der Waals surface area contributed by atoms with Crippen molar-refractivity contribution in [3.05, 3.63) is 248 Å². The van der Waals surface area contributed by atoms with Crippen molar-refractivity contribution in [1.82, 2.24) is 14.4 Å². The van der Waals surface area contributed by atoms with E-state index in [-0.39, 0.29) is 5.41 Å². The first-order chi connectivity index (χ1) is 33.5. The number of hydrogen-bond acceptors (Lipinski definition) is 2. The van der Waals surface area contributed by atoms with Crippen LogP contribution >= 0.6 is 0 Å². The Morgan fingerprint density at radius 1 is 0.353 bits per heavy atom. The largest absolute Gasteiger partial charge is 0.283 e. The second-order valence-electron chi connectivity index (χ2n) is 18.6. The first-order valence-corrected chi connectivity index (χ1v) is 23.5. The van der Waals surface area contributed by atoms with E-state index in [4.69, 9.17) is 4.98 Å². The Hall–Kier alpha value is -8.66. The molecular weight excluding hydrogens is 823 g/mol. The number of benzene rings is 10. The van der Waals surface area contributed by atoms with Crippen molar-refractivity contribution < 1.29 is 0 Å². The lowest BCUT2D eigenvalue weighted by atomic mass is 9.79. The highest BCUT2D eigenvalue weighted by atomic mass is 15.1. The van der Waals surface area contributed by atoms with E-state index >= 15 is 0 Å². The lowest BCUT2D eigenvalue weighted by Crippen LogP contribution is -2.14.